The zero-order chi connectivity index (χ0) is 22.1. The van der Waals surface area contributed by atoms with Gasteiger partial charge < -0.3 is 29.5 Å². The molecule has 7 nitrogen and oxygen atoms in total. The highest BCUT2D eigenvalue weighted by molar-refractivity contribution is 5.40. The van der Waals surface area contributed by atoms with Gasteiger partial charge in [-0.25, -0.2) is 0 Å². The Hall–Kier alpha value is -0.280. The molecule has 6 rings (SSSR count). The minimum Gasteiger partial charge on any atom is -0.390 e. The average Bonchev–Trinajstić information content (AvgIpc) is 3.16. The topological polar surface area (TPSA) is 91.6 Å². The highest BCUT2D eigenvalue weighted by Gasteiger charge is 2.90. The minimum atomic E-state index is -1.64. The monoisotopic (exact) mass is 437 g/mol. The Balaban J connectivity index is 1.67. The van der Waals surface area contributed by atoms with Gasteiger partial charge in [0.05, 0.1) is 30.5 Å². The summed E-state index contributed by atoms with van der Waals surface area (Å²) in [4.78, 5) is 2.36. The maximum absolute atomic E-state index is 12.6. The maximum Gasteiger partial charge on any atom is 0.136 e. The summed E-state index contributed by atoms with van der Waals surface area (Å²) in [5, 5.41) is 37.1. The van der Waals surface area contributed by atoms with Crippen molar-refractivity contribution >= 4 is 0 Å². The van der Waals surface area contributed by atoms with E-state index in [1.54, 1.807) is 21.3 Å². The third-order valence-corrected chi connectivity index (χ3v) is 11.3. The number of aliphatic hydroxyl groups excluding tert-OH is 1. The Morgan fingerprint density at radius 2 is 1.84 bits per heavy atom. The summed E-state index contributed by atoms with van der Waals surface area (Å²) in [6.07, 6.45) is 1.67. The average molecular weight is 438 g/mol. The Morgan fingerprint density at radius 1 is 1.10 bits per heavy atom. The number of fused-ring (bicyclic) bond motifs is 2. The van der Waals surface area contributed by atoms with E-state index in [4.69, 9.17) is 14.2 Å². The molecule has 5 saturated carbocycles. The first-order chi connectivity index (χ1) is 14.7. The standard InChI is InChI=1S/C24H39NO6/c1-6-25-11-21(2)8-7-15(30-4)23-13-9-12-14(29-3)10-22(27,16(13)17(12)31-5)24(28,20(23)25)19(26)18(21)23/h12-20,26-28H,6-11H2,1-5H3/t12-,13-,14+,15+,16-,17+,18-,19+,20+,21+,22-,23+,24+/m1/s1. The van der Waals surface area contributed by atoms with Gasteiger partial charge in [0, 0.05) is 57.5 Å². The lowest BCUT2D eigenvalue weighted by Crippen LogP contribution is -2.81. The molecule has 1 aliphatic heterocycles. The van der Waals surface area contributed by atoms with Gasteiger partial charge in [-0.1, -0.05) is 13.8 Å². The van der Waals surface area contributed by atoms with Crippen molar-refractivity contribution in [2.45, 2.75) is 81.2 Å². The van der Waals surface area contributed by atoms with Gasteiger partial charge in [0.25, 0.3) is 0 Å². The Labute approximate surface area is 185 Å². The fourth-order valence-corrected chi connectivity index (χ4v) is 10.7. The van der Waals surface area contributed by atoms with E-state index in [0.717, 1.165) is 32.4 Å². The van der Waals surface area contributed by atoms with Crippen LogP contribution in [-0.4, -0.2) is 96.3 Å². The molecule has 5 aliphatic carbocycles. The van der Waals surface area contributed by atoms with Crippen LogP contribution >= 0.6 is 0 Å². The number of likely N-dealkylation sites (N-methyl/N-ethyl adjacent to an activating group) is 1. The van der Waals surface area contributed by atoms with E-state index >= 15 is 0 Å². The lowest BCUT2D eigenvalue weighted by Gasteiger charge is -2.70. The van der Waals surface area contributed by atoms with Crippen molar-refractivity contribution in [2.24, 2.45) is 34.5 Å². The summed E-state index contributed by atoms with van der Waals surface area (Å²) in [6, 6.07) is -0.332. The molecule has 0 unspecified atom stereocenters. The first-order valence-electron chi connectivity index (χ1n) is 12.2. The van der Waals surface area contributed by atoms with Gasteiger partial charge in [-0.3, -0.25) is 4.90 Å². The van der Waals surface area contributed by atoms with Crippen LogP contribution in [0.25, 0.3) is 0 Å². The van der Waals surface area contributed by atoms with Gasteiger partial charge in [0.1, 0.15) is 11.2 Å². The van der Waals surface area contributed by atoms with Crippen LogP contribution in [0, 0.1) is 34.5 Å². The van der Waals surface area contributed by atoms with Crippen LogP contribution in [-0.2, 0) is 14.2 Å². The summed E-state index contributed by atoms with van der Waals surface area (Å²) < 4.78 is 18.1. The predicted octanol–water partition coefficient (Wildman–Crippen LogP) is 0.645. The number of methoxy groups -OCH3 is 3. The van der Waals surface area contributed by atoms with Crippen LogP contribution in [0.15, 0.2) is 0 Å². The molecule has 0 amide bonds. The summed E-state index contributed by atoms with van der Waals surface area (Å²) in [5.74, 6) is -0.0415. The zero-order valence-corrected chi connectivity index (χ0v) is 19.5. The first kappa shape index (κ1) is 21.3. The smallest absolute Gasteiger partial charge is 0.136 e. The van der Waals surface area contributed by atoms with Gasteiger partial charge in [-0.05, 0) is 37.1 Å². The second kappa shape index (κ2) is 6.23. The van der Waals surface area contributed by atoms with Crippen molar-refractivity contribution in [3.8, 4) is 0 Å². The Bertz CT molecular complexity index is 781. The van der Waals surface area contributed by atoms with E-state index in [1.807, 2.05) is 0 Å². The molecule has 7 bridgehead atoms. The third-order valence-electron chi connectivity index (χ3n) is 11.3. The van der Waals surface area contributed by atoms with Crippen LogP contribution in [0.5, 0.6) is 0 Å². The third kappa shape index (κ3) is 1.93. The molecular weight excluding hydrogens is 398 g/mol. The summed E-state index contributed by atoms with van der Waals surface area (Å²) in [7, 11) is 5.18. The molecular formula is C24H39NO6. The van der Waals surface area contributed by atoms with Gasteiger partial charge in [-0.15, -0.1) is 0 Å². The molecule has 13 atom stereocenters. The van der Waals surface area contributed by atoms with Crippen molar-refractivity contribution in [2.75, 3.05) is 34.4 Å². The summed E-state index contributed by atoms with van der Waals surface area (Å²) >= 11 is 0. The minimum absolute atomic E-state index is 0.0546. The summed E-state index contributed by atoms with van der Waals surface area (Å²) in [6.45, 7) is 6.04. The molecule has 6 aliphatic rings. The molecule has 31 heavy (non-hydrogen) atoms. The fourth-order valence-electron chi connectivity index (χ4n) is 10.7. The van der Waals surface area contributed by atoms with Gasteiger partial charge in [-0.2, -0.15) is 0 Å². The SMILES string of the molecule is CCN1C[C@]2(C)CC[C@H](OC)[C@@]34[C@@H]5C[C@H]6[C@H](OC)[C@@H]5[C@](O)(C[C@@H]6OC)[C@](O)([C@@H](O)[C@H]23)[C@@H]14. The maximum atomic E-state index is 12.6. The normalized spacial score (nSPS) is 64.1. The van der Waals surface area contributed by atoms with E-state index in [1.165, 1.54) is 0 Å². The second-order valence-corrected chi connectivity index (χ2v) is 11.8. The van der Waals surface area contributed by atoms with Crippen molar-refractivity contribution in [3.05, 3.63) is 0 Å². The molecule has 1 saturated heterocycles. The number of aliphatic hydroxyl groups is 3. The molecule has 0 aromatic carbocycles. The Kier molecular flexibility index (Phi) is 4.28. The number of hydrogen-bond acceptors (Lipinski definition) is 7. The quantitative estimate of drug-likeness (QED) is 0.595. The van der Waals surface area contributed by atoms with Gasteiger partial charge in [0.2, 0.25) is 0 Å². The van der Waals surface area contributed by atoms with Crippen molar-refractivity contribution in [3.63, 3.8) is 0 Å². The molecule has 0 aromatic heterocycles. The van der Waals surface area contributed by atoms with Crippen LogP contribution in [0.4, 0.5) is 0 Å². The van der Waals surface area contributed by atoms with Crippen molar-refractivity contribution in [1.82, 2.24) is 4.90 Å². The molecule has 3 N–H and O–H groups in total. The van der Waals surface area contributed by atoms with Crippen molar-refractivity contribution in [1.29, 1.82) is 0 Å². The molecule has 6 fully saturated rings. The molecule has 1 spiro atoms. The number of rotatable bonds is 4. The fraction of sp³-hybridized carbons (Fsp3) is 1.00. The number of ether oxygens (including phenoxy) is 3. The van der Waals surface area contributed by atoms with E-state index in [-0.39, 0.29) is 53.4 Å². The van der Waals surface area contributed by atoms with E-state index < -0.39 is 22.7 Å². The lowest BCUT2D eigenvalue weighted by molar-refractivity contribution is -0.318. The number of likely N-dealkylation sites (tertiary alicyclic amines) is 1. The zero-order valence-electron chi connectivity index (χ0n) is 19.5. The van der Waals surface area contributed by atoms with Crippen LogP contribution < -0.4 is 0 Å². The molecule has 0 aromatic rings. The molecule has 1 heterocycles. The van der Waals surface area contributed by atoms with Crippen LogP contribution in [0.1, 0.15) is 39.5 Å². The first-order valence-corrected chi connectivity index (χ1v) is 12.2. The molecule has 176 valence electrons. The molecule has 7 heteroatoms. The van der Waals surface area contributed by atoms with E-state index in [0.29, 0.717) is 6.42 Å². The lowest BCUT2D eigenvalue weighted by atomic mass is 9.43. The van der Waals surface area contributed by atoms with Crippen molar-refractivity contribution < 1.29 is 29.5 Å². The van der Waals surface area contributed by atoms with Gasteiger partial charge >= 0.3 is 0 Å². The second-order valence-electron chi connectivity index (χ2n) is 11.8. The highest BCUT2D eigenvalue weighted by Crippen LogP contribution is 2.80. The molecule has 0 radical (unpaired) electrons. The number of hydrogen-bond donors (Lipinski definition) is 3. The van der Waals surface area contributed by atoms with Crippen LogP contribution in [0.2, 0.25) is 0 Å². The van der Waals surface area contributed by atoms with Gasteiger partial charge in [0.15, 0.2) is 0 Å². The van der Waals surface area contributed by atoms with E-state index in [9.17, 15) is 15.3 Å². The Morgan fingerprint density at radius 3 is 2.45 bits per heavy atom. The summed E-state index contributed by atoms with van der Waals surface area (Å²) in [5.41, 5.74) is -3.64. The predicted molar refractivity (Wildman–Crippen MR) is 112 cm³/mol. The number of piperidine rings is 1. The van der Waals surface area contributed by atoms with E-state index in [2.05, 4.69) is 18.7 Å². The van der Waals surface area contributed by atoms with Crippen LogP contribution in [0.3, 0.4) is 0 Å². The largest absolute Gasteiger partial charge is 0.390 e. The number of nitrogens with zero attached hydrogens (tertiary/aromatic N) is 1. The highest BCUT2D eigenvalue weighted by atomic mass is 16.5.